The van der Waals surface area contributed by atoms with Gasteiger partial charge in [0.15, 0.2) is 6.10 Å². The first-order valence-corrected chi connectivity index (χ1v) is 13.3. The zero-order valence-corrected chi connectivity index (χ0v) is 23.3. The van der Waals surface area contributed by atoms with Gasteiger partial charge < -0.3 is 29.8 Å². The van der Waals surface area contributed by atoms with E-state index in [4.69, 9.17) is 14.0 Å². The summed E-state index contributed by atoms with van der Waals surface area (Å²) < 4.78 is 16.2. The van der Waals surface area contributed by atoms with Gasteiger partial charge in [0.05, 0.1) is 30.3 Å². The van der Waals surface area contributed by atoms with Crippen LogP contribution >= 0.6 is 0 Å². The summed E-state index contributed by atoms with van der Waals surface area (Å²) in [4.78, 5) is 55.5. The molecule has 1 aliphatic rings. The molecule has 1 saturated heterocycles. The Kier molecular flexibility index (Phi) is 10.8. The maximum Gasteiger partial charge on any atom is 0.551 e. The van der Waals surface area contributed by atoms with E-state index in [1.165, 1.54) is 13.0 Å². The minimum absolute atomic E-state index is 0.0279. The number of nitrogens with one attached hydrogen (secondary N) is 2. The van der Waals surface area contributed by atoms with Crippen LogP contribution in [0.5, 0.6) is 0 Å². The molecule has 1 aliphatic heterocycles. The van der Waals surface area contributed by atoms with Crippen molar-refractivity contribution in [3.8, 4) is 11.3 Å². The first-order chi connectivity index (χ1) is 18.9. The third-order valence-corrected chi connectivity index (χ3v) is 6.00. The predicted octanol–water partition coefficient (Wildman–Crippen LogP) is 2.07. The zero-order chi connectivity index (χ0) is 29.4. The molecule has 0 aliphatic carbocycles. The van der Waals surface area contributed by atoms with Gasteiger partial charge in [0.25, 0.3) is 11.9 Å². The van der Waals surface area contributed by atoms with Gasteiger partial charge in [-0.15, -0.1) is 0 Å². The Balaban J connectivity index is 1.75. The molecule has 3 N–H and O–H groups in total. The van der Waals surface area contributed by atoms with Gasteiger partial charge >= 0.3 is 13.1 Å². The molecule has 0 spiro atoms. The van der Waals surface area contributed by atoms with Gasteiger partial charge in [-0.2, -0.15) is 0 Å². The lowest BCUT2D eigenvalue weighted by molar-refractivity contribution is -0.165. The lowest BCUT2D eigenvalue weighted by Gasteiger charge is -2.32. The molecule has 2 aromatic rings. The molecule has 0 bridgehead atoms. The number of hydrogen-bond donors (Lipinski definition) is 3. The molecule has 0 radical (unpaired) electrons. The molecule has 40 heavy (non-hydrogen) atoms. The number of pyridine rings is 1. The number of benzene rings is 1. The summed E-state index contributed by atoms with van der Waals surface area (Å²) in [5.74, 6) is -3.60. The summed E-state index contributed by atoms with van der Waals surface area (Å²) in [5, 5.41) is 15.7. The molecule has 11 nitrogen and oxygen atoms in total. The van der Waals surface area contributed by atoms with Gasteiger partial charge in [-0.1, -0.05) is 50.2 Å². The standard InChI is InChI=1S/C28H36BN3O8/c1-16(2)14-23(29-39-22(15-24(34)40-29)28(37)38-17(3)4)31-27(36)25(18(5)33)32-26(35)21-13-9-12-20(30-21)19-10-7-6-8-11-19/h6-13,16-18,22-23,25,33H,14-15H2,1-5H3,(H,31,36)(H,32,35)/t18-,22+,23+,25+/m1/s1. The molecule has 1 aromatic carbocycles. The number of carbonyl (C=O) groups excluding carboxylic acids is 4. The van der Waals surface area contributed by atoms with Gasteiger partial charge in [-0.3, -0.25) is 14.4 Å². The first kappa shape index (κ1) is 30.8. The van der Waals surface area contributed by atoms with E-state index in [0.717, 1.165) is 5.56 Å². The average Bonchev–Trinajstić information content (AvgIpc) is 2.90. The second-order valence-corrected chi connectivity index (χ2v) is 10.4. The summed E-state index contributed by atoms with van der Waals surface area (Å²) in [6.45, 7) is 8.51. The Labute approximate surface area is 234 Å². The third-order valence-electron chi connectivity index (χ3n) is 6.00. The van der Waals surface area contributed by atoms with Gasteiger partial charge in [-0.25, -0.2) is 9.78 Å². The van der Waals surface area contributed by atoms with E-state index in [1.54, 1.807) is 26.0 Å². The van der Waals surface area contributed by atoms with Gasteiger partial charge in [0, 0.05) is 5.56 Å². The van der Waals surface area contributed by atoms with Gasteiger partial charge in [0.2, 0.25) is 5.91 Å². The van der Waals surface area contributed by atoms with Crippen molar-refractivity contribution in [2.75, 3.05) is 0 Å². The van der Waals surface area contributed by atoms with E-state index in [0.29, 0.717) is 12.1 Å². The van der Waals surface area contributed by atoms with E-state index < -0.39 is 61.2 Å². The molecule has 12 heteroatoms. The number of amides is 2. The topological polar surface area (TPSA) is 153 Å². The molecule has 214 valence electrons. The van der Waals surface area contributed by atoms with Crippen LogP contribution in [0.3, 0.4) is 0 Å². The predicted molar refractivity (Wildman–Crippen MR) is 147 cm³/mol. The highest BCUT2D eigenvalue weighted by atomic mass is 16.7. The van der Waals surface area contributed by atoms with Crippen molar-refractivity contribution in [1.29, 1.82) is 0 Å². The quantitative estimate of drug-likeness (QED) is 0.280. The highest BCUT2D eigenvalue weighted by molar-refractivity contribution is 6.50. The zero-order valence-electron chi connectivity index (χ0n) is 23.3. The minimum Gasteiger partial charge on any atom is -0.508 e. The van der Waals surface area contributed by atoms with Crippen LogP contribution in [0.1, 0.15) is 57.9 Å². The average molecular weight is 553 g/mol. The normalized spacial score (nSPS) is 17.6. The highest BCUT2D eigenvalue weighted by Crippen LogP contribution is 2.20. The largest absolute Gasteiger partial charge is 0.551 e. The molecule has 1 aromatic heterocycles. The lowest BCUT2D eigenvalue weighted by atomic mass is 9.72. The second kappa shape index (κ2) is 14.0. The van der Waals surface area contributed by atoms with Crippen LogP contribution in [0.2, 0.25) is 0 Å². The number of aromatic nitrogens is 1. The van der Waals surface area contributed by atoms with Crippen molar-refractivity contribution < 1.29 is 38.3 Å². The highest BCUT2D eigenvalue weighted by Gasteiger charge is 2.45. The van der Waals surface area contributed by atoms with Crippen LogP contribution in [0, 0.1) is 5.92 Å². The van der Waals surface area contributed by atoms with Crippen molar-refractivity contribution in [2.24, 2.45) is 5.92 Å². The number of ether oxygens (including phenoxy) is 1. The minimum atomic E-state index is -1.36. The molecule has 0 saturated carbocycles. The Morgan fingerprint density at radius 1 is 1.05 bits per heavy atom. The summed E-state index contributed by atoms with van der Waals surface area (Å²) in [6.07, 6.45) is -2.86. The number of carbonyl (C=O) groups is 4. The number of rotatable bonds is 11. The molecular weight excluding hydrogens is 517 g/mol. The van der Waals surface area contributed by atoms with Crippen molar-refractivity contribution in [3.63, 3.8) is 0 Å². The van der Waals surface area contributed by atoms with Crippen LogP contribution in [0.25, 0.3) is 11.3 Å². The Hall–Kier alpha value is -3.77. The fraction of sp³-hybridized carbons (Fsp3) is 0.464. The number of aliphatic hydroxyl groups is 1. The Bertz CT molecular complexity index is 1190. The fourth-order valence-corrected chi connectivity index (χ4v) is 4.16. The van der Waals surface area contributed by atoms with Crippen LogP contribution < -0.4 is 10.6 Å². The smallest absolute Gasteiger partial charge is 0.508 e. The number of aliphatic hydroxyl groups excluding tert-OH is 1. The molecule has 1 fully saturated rings. The number of nitrogens with zero attached hydrogens (tertiary/aromatic N) is 1. The van der Waals surface area contributed by atoms with Crippen molar-refractivity contribution in [3.05, 3.63) is 54.2 Å². The van der Waals surface area contributed by atoms with Crippen molar-refractivity contribution in [2.45, 2.75) is 77.8 Å². The maximum atomic E-state index is 13.3. The lowest BCUT2D eigenvalue weighted by Crippen LogP contribution is -2.60. The molecule has 3 rings (SSSR count). The number of hydrogen-bond acceptors (Lipinski definition) is 9. The SMILES string of the molecule is CC(C)C[C@H](NC(=O)[C@@H](NC(=O)c1cccc(-c2ccccc2)n1)[C@@H](C)O)B1OC(=O)C[C@@H](C(=O)OC(C)C)O1. The van der Waals surface area contributed by atoms with Crippen molar-refractivity contribution in [1.82, 2.24) is 15.6 Å². The number of esters is 1. The Morgan fingerprint density at radius 2 is 1.75 bits per heavy atom. The van der Waals surface area contributed by atoms with Gasteiger partial charge in [0.1, 0.15) is 11.7 Å². The summed E-state index contributed by atoms with van der Waals surface area (Å²) in [6, 6.07) is 12.9. The van der Waals surface area contributed by atoms with E-state index in [9.17, 15) is 24.3 Å². The van der Waals surface area contributed by atoms with E-state index in [1.807, 2.05) is 44.2 Å². The first-order valence-electron chi connectivity index (χ1n) is 13.3. The van der Waals surface area contributed by atoms with Crippen LogP contribution in [-0.2, 0) is 28.4 Å². The van der Waals surface area contributed by atoms with E-state index in [-0.39, 0.29) is 18.0 Å². The van der Waals surface area contributed by atoms with Gasteiger partial charge in [-0.05, 0) is 45.2 Å². The maximum absolute atomic E-state index is 13.3. The molecular formula is C28H36BN3O8. The molecule has 0 unspecified atom stereocenters. The third kappa shape index (κ3) is 8.62. The van der Waals surface area contributed by atoms with E-state index in [2.05, 4.69) is 15.6 Å². The molecule has 2 amide bonds. The summed E-state index contributed by atoms with van der Waals surface area (Å²) in [7, 11) is -1.27. The van der Waals surface area contributed by atoms with E-state index >= 15 is 0 Å². The summed E-state index contributed by atoms with van der Waals surface area (Å²) in [5.41, 5.74) is 1.45. The fourth-order valence-electron chi connectivity index (χ4n) is 4.16. The van der Waals surface area contributed by atoms with Crippen molar-refractivity contribution >= 4 is 30.9 Å². The molecule has 4 atom stereocenters. The van der Waals surface area contributed by atoms with Crippen LogP contribution in [-0.4, -0.2) is 71.3 Å². The van der Waals surface area contributed by atoms with Crippen LogP contribution in [0.4, 0.5) is 0 Å². The van der Waals surface area contributed by atoms with Crippen LogP contribution in [0.15, 0.2) is 48.5 Å². The molecule has 2 heterocycles. The second-order valence-electron chi connectivity index (χ2n) is 10.4. The monoisotopic (exact) mass is 553 g/mol. The Morgan fingerprint density at radius 3 is 2.38 bits per heavy atom. The summed E-state index contributed by atoms with van der Waals surface area (Å²) >= 11 is 0.